The standard InChI is InChI=1S/C32H27F7O2/c1-2-3-21-4-17-29(30(33)18-21)23-7-5-22(6-8-23)24(19-40-27-13-9-25(10-14-27)31(34,35)36)20-41-28-15-11-26(12-16-28)32(37,38)39/h4-18,24H,2-3,19-20H2,1H3. The second-order valence-electron chi connectivity index (χ2n) is 9.55. The van der Waals surface area contributed by atoms with E-state index in [2.05, 4.69) is 0 Å². The second-order valence-corrected chi connectivity index (χ2v) is 9.55. The van der Waals surface area contributed by atoms with Gasteiger partial charge in [-0.2, -0.15) is 26.3 Å². The van der Waals surface area contributed by atoms with E-state index in [4.69, 9.17) is 9.47 Å². The first-order valence-electron chi connectivity index (χ1n) is 12.9. The fourth-order valence-electron chi connectivity index (χ4n) is 4.29. The fraction of sp³-hybridized carbons (Fsp3) is 0.250. The normalized spacial score (nSPS) is 12.0. The van der Waals surface area contributed by atoms with Gasteiger partial charge in [0, 0.05) is 5.56 Å². The highest BCUT2D eigenvalue weighted by atomic mass is 19.4. The molecule has 2 nitrogen and oxygen atoms in total. The van der Waals surface area contributed by atoms with E-state index >= 15 is 0 Å². The highest BCUT2D eigenvalue weighted by molar-refractivity contribution is 5.65. The average Bonchev–Trinajstić information content (AvgIpc) is 2.93. The SMILES string of the molecule is CCCc1ccc(-c2ccc(C(COc3ccc(C(F)(F)F)cc3)COc3ccc(C(F)(F)F)cc3)cc2)c(F)c1. The molecule has 0 saturated heterocycles. The summed E-state index contributed by atoms with van der Waals surface area (Å²) in [6, 6.07) is 20.7. The monoisotopic (exact) mass is 576 g/mol. The van der Waals surface area contributed by atoms with Gasteiger partial charge in [0.15, 0.2) is 0 Å². The van der Waals surface area contributed by atoms with E-state index in [9.17, 15) is 30.7 Å². The number of aryl methyl sites for hydroxylation is 1. The zero-order valence-electron chi connectivity index (χ0n) is 22.0. The van der Waals surface area contributed by atoms with Crippen LogP contribution in [0.4, 0.5) is 30.7 Å². The van der Waals surface area contributed by atoms with Crippen molar-refractivity contribution in [3.63, 3.8) is 0 Å². The molecule has 0 aliphatic heterocycles. The van der Waals surface area contributed by atoms with Crippen molar-refractivity contribution in [1.82, 2.24) is 0 Å². The van der Waals surface area contributed by atoms with Gasteiger partial charge in [0.2, 0.25) is 0 Å². The highest BCUT2D eigenvalue weighted by Gasteiger charge is 2.31. The molecule has 0 saturated carbocycles. The lowest BCUT2D eigenvalue weighted by Gasteiger charge is -2.20. The maximum Gasteiger partial charge on any atom is 0.416 e. The molecule has 0 amide bonds. The van der Waals surface area contributed by atoms with E-state index in [0.717, 1.165) is 48.2 Å². The van der Waals surface area contributed by atoms with Gasteiger partial charge in [-0.1, -0.05) is 49.7 Å². The summed E-state index contributed by atoms with van der Waals surface area (Å²) in [5.41, 5.74) is 1.12. The van der Waals surface area contributed by atoms with Crippen molar-refractivity contribution in [2.45, 2.75) is 38.0 Å². The minimum Gasteiger partial charge on any atom is -0.493 e. The molecule has 41 heavy (non-hydrogen) atoms. The Morgan fingerprint density at radius 1 is 0.634 bits per heavy atom. The van der Waals surface area contributed by atoms with Crippen LogP contribution in [0, 0.1) is 5.82 Å². The lowest BCUT2D eigenvalue weighted by atomic mass is 9.96. The number of ether oxygens (including phenoxy) is 2. The van der Waals surface area contributed by atoms with Crippen LogP contribution in [0.2, 0.25) is 0 Å². The lowest BCUT2D eigenvalue weighted by molar-refractivity contribution is -0.138. The Hall–Kier alpha value is -4.01. The smallest absolute Gasteiger partial charge is 0.416 e. The highest BCUT2D eigenvalue weighted by Crippen LogP contribution is 2.32. The first kappa shape index (κ1) is 30.0. The van der Waals surface area contributed by atoms with Gasteiger partial charge in [0.05, 0.1) is 30.3 Å². The Kier molecular flexibility index (Phi) is 9.25. The van der Waals surface area contributed by atoms with Crippen molar-refractivity contribution in [2.75, 3.05) is 13.2 Å². The van der Waals surface area contributed by atoms with E-state index < -0.39 is 29.4 Å². The predicted molar refractivity (Wildman–Crippen MR) is 142 cm³/mol. The average molecular weight is 577 g/mol. The number of hydrogen-bond donors (Lipinski definition) is 0. The van der Waals surface area contributed by atoms with Crippen LogP contribution in [-0.4, -0.2) is 13.2 Å². The molecule has 0 aromatic heterocycles. The molecule has 0 aliphatic carbocycles. The van der Waals surface area contributed by atoms with Crippen LogP contribution in [0.5, 0.6) is 11.5 Å². The number of rotatable bonds is 10. The topological polar surface area (TPSA) is 18.5 Å². The summed E-state index contributed by atoms with van der Waals surface area (Å²) in [5, 5.41) is 0. The summed E-state index contributed by atoms with van der Waals surface area (Å²) in [6.45, 7) is 2.03. The minimum atomic E-state index is -4.48. The first-order valence-corrected chi connectivity index (χ1v) is 12.9. The van der Waals surface area contributed by atoms with Crippen LogP contribution in [0.25, 0.3) is 11.1 Å². The molecule has 0 unspecified atom stereocenters. The Morgan fingerprint density at radius 2 is 1.12 bits per heavy atom. The third-order valence-electron chi connectivity index (χ3n) is 6.53. The third-order valence-corrected chi connectivity index (χ3v) is 6.53. The zero-order valence-corrected chi connectivity index (χ0v) is 22.0. The predicted octanol–water partition coefficient (Wildman–Crippen LogP) is 9.72. The molecule has 0 radical (unpaired) electrons. The third kappa shape index (κ3) is 8.02. The van der Waals surface area contributed by atoms with E-state index in [1.165, 1.54) is 30.3 Å². The van der Waals surface area contributed by atoms with Gasteiger partial charge in [-0.3, -0.25) is 0 Å². The van der Waals surface area contributed by atoms with Crippen LogP contribution >= 0.6 is 0 Å². The molecule has 0 heterocycles. The largest absolute Gasteiger partial charge is 0.493 e. The molecular formula is C32H27F7O2. The lowest BCUT2D eigenvalue weighted by Crippen LogP contribution is -2.18. The van der Waals surface area contributed by atoms with E-state index in [-0.39, 0.29) is 30.5 Å². The van der Waals surface area contributed by atoms with Gasteiger partial charge in [0.1, 0.15) is 17.3 Å². The molecule has 0 N–H and O–H groups in total. The van der Waals surface area contributed by atoms with Crippen LogP contribution in [0.1, 0.15) is 41.5 Å². The van der Waals surface area contributed by atoms with Crippen molar-refractivity contribution in [1.29, 1.82) is 0 Å². The molecular weight excluding hydrogens is 549 g/mol. The van der Waals surface area contributed by atoms with E-state index in [1.807, 2.05) is 13.0 Å². The van der Waals surface area contributed by atoms with Crippen molar-refractivity contribution in [3.8, 4) is 22.6 Å². The van der Waals surface area contributed by atoms with Crippen molar-refractivity contribution < 1.29 is 40.2 Å². The van der Waals surface area contributed by atoms with E-state index in [1.54, 1.807) is 30.3 Å². The zero-order chi connectivity index (χ0) is 29.6. The second kappa shape index (κ2) is 12.7. The van der Waals surface area contributed by atoms with Gasteiger partial charge in [-0.15, -0.1) is 0 Å². The Morgan fingerprint density at radius 3 is 1.54 bits per heavy atom. The quantitative estimate of drug-likeness (QED) is 0.175. The Balaban J connectivity index is 1.52. The molecule has 9 heteroatoms. The molecule has 4 aromatic carbocycles. The minimum absolute atomic E-state index is 0.00538. The molecule has 0 fully saturated rings. The van der Waals surface area contributed by atoms with Crippen LogP contribution in [0.15, 0.2) is 91.0 Å². The maximum atomic E-state index is 14.8. The summed E-state index contributed by atoms with van der Waals surface area (Å²) in [6.07, 6.45) is -7.28. The number of benzene rings is 4. The van der Waals surface area contributed by atoms with Gasteiger partial charge in [-0.05, 0) is 77.7 Å². The molecule has 0 aliphatic rings. The summed E-state index contributed by atoms with van der Waals surface area (Å²) in [4.78, 5) is 0. The van der Waals surface area contributed by atoms with Crippen LogP contribution in [-0.2, 0) is 18.8 Å². The van der Waals surface area contributed by atoms with Gasteiger partial charge >= 0.3 is 12.4 Å². The van der Waals surface area contributed by atoms with Gasteiger partial charge < -0.3 is 9.47 Å². The first-order chi connectivity index (χ1) is 19.4. The number of hydrogen-bond acceptors (Lipinski definition) is 2. The summed E-state index contributed by atoms with van der Waals surface area (Å²) >= 11 is 0. The molecule has 4 aromatic rings. The number of alkyl halides is 6. The van der Waals surface area contributed by atoms with E-state index in [0.29, 0.717) is 11.1 Å². The van der Waals surface area contributed by atoms with Crippen molar-refractivity contribution in [2.24, 2.45) is 0 Å². The summed E-state index contributed by atoms with van der Waals surface area (Å²) in [7, 11) is 0. The Bertz CT molecular complexity index is 1350. The molecule has 216 valence electrons. The summed E-state index contributed by atoms with van der Waals surface area (Å²) < 4.78 is 104. The fourth-order valence-corrected chi connectivity index (χ4v) is 4.29. The van der Waals surface area contributed by atoms with Crippen molar-refractivity contribution >= 4 is 0 Å². The van der Waals surface area contributed by atoms with Gasteiger partial charge in [-0.25, -0.2) is 4.39 Å². The summed E-state index contributed by atoms with van der Waals surface area (Å²) in [5.74, 6) is -0.367. The number of halogens is 7. The Labute approximate surface area is 233 Å². The van der Waals surface area contributed by atoms with Crippen LogP contribution in [0.3, 0.4) is 0 Å². The van der Waals surface area contributed by atoms with Crippen molar-refractivity contribution in [3.05, 3.63) is 119 Å². The molecule has 4 rings (SSSR count). The molecule has 0 spiro atoms. The van der Waals surface area contributed by atoms with Gasteiger partial charge in [0.25, 0.3) is 0 Å². The molecule has 0 atom stereocenters. The van der Waals surface area contributed by atoms with Crippen LogP contribution < -0.4 is 9.47 Å². The molecule has 0 bridgehead atoms. The maximum absolute atomic E-state index is 14.8.